The molecule has 6 heteroatoms. The van der Waals surface area contributed by atoms with Crippen LogP contribution in [-0.4, -0.2) is 42.4 Å². The van der Waals surface area contributed by atoms with Crippen molar-refractivity contribution in [3.05, 3.63) is 12.2 Å². The van der Waals surface area contributed by atoms with Gasteiger partial charge in [0, 0.05) is 32.6 Å². The van der Waals surface area contributed by atoms with E-state index in [9.17, 15) is 14.7 Å². The van der Waals surface area contributed by atoms with Crippen LogP contribution in [0.5, 0.6) is 0 Å². The van der Waals surface area contributed by atoms with Gasteiger partial charge >= 0.3 is 12.0 Å². The van der Waals surface area contributed by atoms with Gasteiger partial charge in [0.05, 0.1) is 0 Å². The van der Waals surface area contributed by atoms with Crippen LogP contribution in [0.15, 0.2) is 12.2 Å². The smallest absolute Gasteiger partial charge is 0.329 e. The highest BCUT2D eigenvalue weighted by Crippen LogP contribution is 2.20. The summed E-state index contributed by atoms with van der Waals surface area (Å²) in [5.74, 6) is -1.01. The zero-order chi connectivity index (χ0) is 12.7. The molecule has 96 valence electrons. The van der Waals surface area contributed by atoms with Crippen LogP contribution in [0.4, 0.5) is 4.79 Å². The van der Waals surface area contributed by atoms with Gasteiger partial charge in [-0.15, -0.1) is 0 Å². The van der Waals surface area contributed by atoms with E-state index in [-0.39, 0.29) is 0 Å². The minimum Gasteiger partial charge on any atom is -0.480 e. The highest BCUT2D eigenvalue weighted by Gasteiger charge is 2.41. The van der Waals surface area contributed by atoms with Crippen molar-refractivity contribution in [3.8, 4) is 0 Å². The molecule has 3 N–H and O–H groups in total. The average Bonchev–Trinajstić information content (AvgIpc) is 2.30. The van der Waals surface area contributed by atoms with E-state index in [1.807, 2.05) is 13.0 Å². The topological polar surface area (TPSA) is 87.7 Å². The van der Waals surface area contributed by atoms with E-state index in [2.05, 4.69) is 10.6 Å². The van der Waals surface area contributed by atoms with Crippen LogP contribution in [0.2, 0.25) is 0 Å². The summed E-state index contributed by atoms with van der Waals surface area (Å²) in [4.78, 5) is 22.8. The summed E-state index contributed by atoms with van der Waals surface area (Å²) in [6.07, 6.45) is 4.16. The minimum atomic E-state index is -1.20. The summed E-state index contributed by atoms with van der Waals surface area (Å²) < 4.78 is 5.11. The lowest BCUT2D eigenvalue weighted by molar-refractivity contribution is -0.148. The second kappa shape index (κ2) is 6.24. The average molecular weight is 242 g/mol. The maximum Gasteiger partial charge on any atom is 0.329 e. The predicted molar refractivity (Wildman–Crippen MR) is 61.8 cm³/mol. The Morgan fingerprint density at radius 1 is 1.41 bits per heavy atom. The van der Waals surface area contributed by atoms with Crippen LogP contribution in [0.3, 0.4) is 0 Å². The fourth-order valence-electron chi connectivity index (χ4n) is 1.64. The zero-order valence-corrected chi connectivity index (χ0v) is 9.86. The number of hydrogen-bond acceptors (Lipinski definition) is 3. The first kappa shape index (κ1) is 13.5. The standard InChI is InChI=1S/C11H18N2O4/c1-2-3-6-12-10(16)13-11(9(14)15)4-7-17-8-5-11/h2-3H,4-8H2,1H3,(H,14,15)(H2,12,13,16)/b3-2+. The van der Waals surface area contributed by atoms with Crippen LogP contribution in [0.25, 0.3) is 0 Å². The second-order valence-electron chi connectivity index (χ2n) is 3.90. The van der Waals surface area contributed by atoms with Gasteiger partial charge in [0.1, 0.15) is 5.54 Å². The fourth-order valence-corrected chi connectivity index (χ4v) is 1.64. The lowest BCUT2D eigenvalue weighted by Gasteiger charge is -2.33. The van der Waals surface area contributed by atoms with Crippen molar-refractivity contribution < 1.29 is 19.4 Å². The molecule has 6 nitrogen and oxygen atoms in total. The molecule has 1 saturated heterocycles. The van der Waals surface area contributed by atoms with E-state index < -0.39 is 17.5 Å². The molecule has 0 spiro atoms. The predicted octanol–water partition coefficient (Wildman–Crippen LogP) is 0.495. The molecule has 1 rings (SSSR count). The van der Waals surface area contributed by atoms with Gasteiger partial charge in [0.15, 0.2) is 0 Å². The Kier molecular flexibility index (Phi) is 4.96. The molecule has 2 amide bonds. The summed E-state index contributed by atoms with van der Waals surface area (Å²) in [5, 5.41) is 14.3. The number of carbonyl (C=O) groups is 2. The lowest BCUT2D eigenvalue weighted by atomic mass is 9.90. The maximum atomic E-state index is 11.5. The largest absolute Gasteiger partial charge is 0.480 e. The third-order valence-electron chi connectivity index (χ3n) is 2.72. The van der Waals surface area contributed by atoms with Gasteiger partial charge in [-0.1, -0.05) is 12.2 Å². The summed E-state index contributed by atoms with van der Waals surface area (Å²) in [6.45, 7) is 2.92. The molecule has 0 bridgehead atoms. The second-order valence-corrected chi connectivity index (χ2v) is 3.90. The molecule has 17 heavy (non-hydrogen) atoms. The first-order valence-electron chi connectivity index (χ1n) is 5.59. The Morgan fingerprint density at radius 3 is 2.59 bits per heavy atom. The molecule has 0 radical (unpaired) electrons. The molecule has 1 heterocycles. The van der Waals surface area contributed by atoms with E-state index in [4.69, 9.17) is 4.74 Å². The highest BCUT2D eigenvalue weighted by molar-refractivity contribution is 5.86. The number of nitrogens with one attached hydrogen (secondary N) is 2. The molecule has 0 aromatic rings. The van der Waals surface area contributed by atoms with Crippen molar-refractivity contribution in [3.63, 3.8) is 0 Å². The van der Waals surface area contributed by atoms with Crippen molar-refractivity contribution in [1.29, 1.82) is 0 Å². The number of hydrogen-bond donors (Lipinski definition) is 3. The quantitative estimate of drug-likeness (QED) is 0.626. The number of carbonyl (C=O) groups excluding carboxylic acids is 1. The number of aliphatic carboxylic acids is 1. The Hall–Kier alpha value is -1.56. The summed E-state index contributed by atoms with van der Waals surface area (Å²) in [7, 11) is 0. The first-order chi connectivity index (χ1) is 8.10. The molecule has 1 aliphatic heterocycles. The van der Waals surface area contributed by atoms with Crippen LogP contribution in [0, 0.1) is 0 Å². The number of ether oxygens (including phenoxy) is 1. The number of carboxylic acids is 1. The van der Waals surface area contributed by atoms with E-state index in [1.54, 1.807) is 6.08 Å². The molecule has 0 aromatic heterocycles. The van der Waals surface area contributed by atoms with E-state index >= 15 is 0 Å². The minimum absolute atomic E-state index is 0.291. The van der Waals surface area contributed by atoms with Gasteiger partial charge in [0.2, 0.25) is 0 Å². The molecule has 0 unspecified atom stereocenters. The van der Waals surface area contributed by atoms with Crippen molar-refractivity contribution in [2.45, 2.75) is 25.3 Å². The maximum absolute atomic E-state index is 11.5. The monoisotopic (exact) mass is 242 g/mol. The van der Waals surface area contributed by atoms with Crippen LogP contribution in [0.1, 0.15) is 19.8 Å². The normalized spacial score (nSPS) is 18.9. The van der Waals surface area contributed by atoms with Gasteiger partial charge in [-0.25, -0.2) is 9.59 Å². The first-order valence-corrected chi connectivity index (χ1v) is 5.59. The molecule has 1 aliphatic rings. The van der Waals surface area contributed by atoms with Gasteiger partial charge < -0.3 is 20.5 Å². The van der Waals surface area contributed by atoms with Crippen molar-refractivity contribution in [2.75, 3.05) is 19.8 Å². The van der Waals surface area contributed by atoms with Gasteiger partial charge in [-0.2, -0.15) is 0 Å². The molecule has 0 aromatic carbocycles. The zero-order valence-electron chi connectivity index (χ0n) is 9.86. The SMILES string of the molecule is C/C=C/CNC(=O)NC1(C(=O)O)CCOCC1. The van der Waals surface area contributed by atoms with Crippen molar-refractivity contribution in [2.24, 2.45) is 0 Å². The number of amides is 2. The Balaban J connectivity index is 2.54. The van der Waals surface area contributed by atoms with Crippen LogP contribution >= 0.6 is 0 Å². The van der Waals surface area contributed by atoms with Gasteiger partial charge in [0.25, 0.3) is 0 Å². The number of carboxylic acid groups (broad SMARTS) is 1. The molecule has 0 saturated carbocycles. The van der Waals surface area contributed by atoms with Crippen molar-refractivity contribution in [1.82, 2.24) is 10.6 Å². The van der Waals surface area contributed by atoms with E-state index in [1.165, 1.54) is 0 Å². The summed E-state index contributed by atoms with van der Waals surface area (Å²) in [6, 6.07) is -0.465. The summed E-state index contributed by atoms with van der Waals surface area (Å²) in [5.41, 5.74) is -1.20. The Morgan fingerprint density at radius 2 is 2.06 bits per heavy atom. The van der Waals surface area contributed by atoms with E-state index in [0.29, 0.717) is 32.6 Å². The van der Waals surface area contributed by atoms with Gasteiger partial charge in [-0.05, 0) is 6.92 Å². The van der Waals surface area contributed by atoms with Gasteiger partial charge in [-0.3, -0.25) is 0 Å². The van der Waals surface area contributed by atoms with E-state index in [0.717, 1.165) is 0 Å². The third kappa shape index (κ3) is 3.74. The molecular formula is C11H18N2O4. The Bertz CT molecular complexity index is 309. The Labute approximate surface area is 100 Å². The fraction of sp³-hybridized carbons (Fsp3) is 0.636. The molecule has 0 aliphatic carbocycles. The van der Waals surface area contributed by atoms with Crippen LogP contribution < -0.4 is 10.6 Å². The van der Waals surface area contributed by atoms with Crippen molar-refractivity contribution >= 4 is 12.0 Å². The molecular weight excluding hydrogens is 224 g/mol. The number of urea groups is 1. The number of rotatable bonds is 4. The molecule has 0 atom stereocenters. The third-order valence-corrected chi connectivity index (χ3v) is 2.72. The lowest BCUT2D eigenvalue weighted by Crippen LogP contribution is -2.59. The highest BCUT2D eigenvalue weighted by atomic mass is 16.5. The molecule has 1 fully saturated rings. The van der Waals surface area contributed by atoms with Crippen LogP contribution in [-0.2, 0) is 9.53 Å². The summed E-state index contributed by atoms with van der Waals surface area (Å²) >= 11 is 0. The number of allylic oxidation sites excluding steroid dienone is 1.